The highest BCUT2D eigenvalue weighted by molar-refractivity contribution is 5.94. The first-order valence-electron chi connectivity index (χ1n) is 8.75. The number of aliphatic hydroxyl groups is 1. The molecule has 2 atom stereocenters. The summed E-state index contributed by atoms with van der Waals surface area (Å²) < 4.78 is 1.52. The van der Waals surface area contributed by atoms with Gasteiger partial charge in [-0.25, -0.2) is 0 Å². The van der Waals surface area contributed by atoms with Crippen LogP contribution < -0.4 is 10.6 Å². The molecule has 1 aromatic heterocycles. The fraction of sp³-hybridized carbons (Fsp3) is 0.647. The lowest BCUT2D eigenvalue weighted by Crippen LogP contribution is -2.68. The van der Waals surface area contributed by atoms with E-state index in [2.05, 4.69) is 15.7 Å². The minimum atomic E-state index is -1.13. The van der Waals surface area contributed by atoms with Gasteiger partial charge in [0.15, 0.2) is 0 Å². The normalized spacial score (nSPS) is 24.6. The van der Waals surface area contributed by atoms with Gasteiger partial charge in [-0.15, -0.1) is 0 Å². The first kappa shape index (κ1) is 18.4. The van der Waals surface area contributed by atoms with E-state index in [-0.39, 0.29) is 49.2 Å². The number of piperidine rings is 1. The van der Waals surface area contributed by atoms with Crippen LogP contribution in [0.15, 0.2) is 6.20 Å². The molecule has 1 aromatic rings. The second-order valence-corrected chi connectivity index (χ2v) is 7.50. The van der Waals surface area contributed by atoms with E-state index < -0.39 is 5.60 Å². The molecular formula is C17H25N5O4. The van der Waals surface area contributed by atoms with Crippen molar-refractivity contribution >= 4 is 17.7 Å². The van der Waals surface area contributed by atoms with Gasteiger partial charge in [0.2, 0.25) is 11.8 Å². The molecule has 0 saturated carbocycles. The molecule has 2 fully saturated rings. The van der Waals surface area contributed by atoms with Crippen LogP contribution in [0.4, 0.5) is 0 Å². The third-order valence-electron chi connectivity index (χ3n) is 5.22. The van der Waals surface area contributed by atoms with Crippen molar-refractivity contribution < 1.29 is 19.5 Å². The van der Waals surface area contributed by atoms with Crippen molar-refractivity contribution in [3.8, 4) is 0 Å². The number of aromatic nitrogens is 2. The molecule has 0 aliphatic carbocycles. The topological polar surface area (TPSA) is 117 Å². The van der Waals surface area contributed by atoms with Gasteiger partial charge >= 0.3 is 0 Å². The van der Waals surface area contributed by atoms with Crippen molar-refractivity contribution in [2.45, 2.75) is 25.9 Å². The summed E-state index contributed by atoms with van der Waals surface area (Å²) in [6.07, 6.45) is 1.96. The molecule has 142 valence electrons. The van der Waals surface area contributed by atoms with Crippen LogP contribution in [-0.2, 0) is 16.6 Å². The molecule has 0 aromatic carbocycles. The summed E-state index contributed by atoms with van der Waals surface area (Å²) in [5, 5.41) is 20.0. The van der Waals surface area contributed by atoms with Gasteiger partial charge in [0.1, 0.15) is 11.3 Å². The highest BCUT2D eigenvalue weighted by atomic mass is 16.3. The van der Waals surface area contributed by atoms with Gasteiger partial charge in [0.05, 0.1) is 25.2 Å². The lowest BCUT2D eigenvalue weighted by molar-refractivity contribution is -0.134. The molecule has 9 heteroatoms. The molecule has 26 heavy (non-hydrogen) atoms. The Morgan fingerprint density at radius 1 is 1.46 bits per heavy atom. The Morgan fingerprint density at radius 2 is 2.15 bits per heavy atom. The molecule has 9 nitrogen and oxygen atoms in total. The first-order chi connectivity index (χ1) is 12.2. The molecule has 3 N–H and O–H groups in total. The Morgan fingerprint density at radius 3 is 2.73 bits per heavy atom. The number of carbonyl (C=O) groups is 3. The summed E-state index contributed by atoms with van der Waals surface area (Å²) in [4.78, 5) is 37.7. The van der Waals surface area contributed by atoms with E-state index in [9.17, 15) is 19.5 Å². The van der Waals surface area contributed by atoms with Crippen LogP contribution in [0, 0.1) is 18.8 Å². The predicted molar refractivity (Wildman–Crippen MR) is 92.1 cm³/mol. The Kier molecular flexibility index (Phi) is 4.74. The van der Waals surface area contributed by atoms with E-state index in [0.717, 1.165) is 5.56 Å². The van der Waals surface area contributed by atoms with E-state index in [1.165, 1.54) is 4.68 Å². The number of aryl methyl sites for hydroxylation is 2. The number of hydrogen-bond acceptors (Lipinski definition) is 5. The average Bonchev–Trinajstić information content (AvgIpc) is 2.88. The Labute approximate surface area is 151 Å². The number of nitrogens with one attached hydrogen (secondary N) is 2. The molecule has 2 unspecified atom stereocenters. The Balaban J connectivity index is 1.50. The van der Waals surface area contributed by atoms with Crippen LogP contribution >= 0.6 is 0 Å². The third-order valence-corrected chi connectivity index (χ3v) is 5.22. The van der Waals surface area contributed by atoms with Crippen LogP contribution in [0.1, 0.15) is 29.4 Å². The molecule has 2 aliphatic heterocycles. The van der Waals surface area contributed by atoms with Crippen molar-refractivity contribution in [1.82, 2.24) is 25.3 Å². The number of hydrogen-bond donors (Lipinski definition) is 3. The molecule has 3 amide bonds. The average molecular weight is 363 g/mol. The van der Waals surface area contributed by atoms with Gasteiger partial charge in [0.25, 0.3) is 5.91 Å². The lowest BCUT2D eigenvalue weighted by Gasteiger charge is -2.46. The highest BCUT2D eigenvalue weighted by Crippen LogP contribution is 2.24. The van der Waals surface area contributed by atoms with Gasteiger partial charge in [-0.2, -0.15) is 5.10 Å². The number of β-amino-alcohol motifs (C(OH)–C–C–N with tert-alkyl or cyclic N) is 1. The van der Waals surface area contributed by atoms with Crippen molar-refractivity contribution in [1.29, 1.82) is 0 Å². The summed E-state index contributed by atoms with van der Waals surface area (Å²) in [5.74, 6) is -0.740. The standard InChI is InChI=1S/C17H25N5O4/c1-10-4-13(23)18-6-12(10)15(24)19-7-17(26)8-22(9-17)16(25)14-11(2)5-20-21(14)3/h5,10,12,26H,4,6-9H2,1-3H3,(H,18,23)(H,19,24). The maximum absolute atomic E-state index is 12.5. The zero-order valence-corrected chi connectivity index (χ0v) is 15.3. The Hall–Kier alpha value is -2.42. The van der Waals surface area contributed by atoms with Crippen LogP contribution in [0.3, 0.4) is 0 Å². The maximum Gasteiger partial charge on any atom is 0.272 e. The van der Waals surface area contributed by atoms with E-state index in [1.807, 2.05) is 13.8 Å². The molecule has 3 rings (SSSR count). The Bertz CT molecular complexity index is 718. The second-order valence-electron chi connectivity index (χ2n) is 7.50. The SMILES string of the molecule is Cc1cnn(C)c1C(=O)N1CC(O)(CNC(=O)C2CNC(=O)CC2C)C1. The second kappa shape index (κ2) is 6.71. The molecule has 0 spiro atoms. The molecule has 3 heterocycles. The summed E-state index contributed by atoms with van der Waals surface area (Å²) >= 11 is 0. The fourth-order valence-corrected chi connectivity index (χ4v) is 3.59. The zero-order valence-electron chi connectivity index (χ0n) is 15.3. The number of rotatable bonds is 4. The molecule has 2 saturated heterocycles. The smallest absolute Gasteiger partial charge is 0.272 e. The van der Waals surface area contributed by atoms with Gasteiger partial charge in [-0.1, -0.05) is 6.92 Å². The van der Waals surface area contributed by atoms with Crippen molar-refractivity contribution in [2.75, 3.05) is 26.2 Å². The molecule has 2 aliphatic rings. The van der Waals surface area contributed by atoms with Crippen molar-refractivity contribution in [2.24, 2.45) is 18.9 Å². The van der Waals surface area contributed by atoms with Crippen LogP contribution in [-0.4, -0.2) is 69.3 Å². The fourth-order valence-electron chi connectivity index (χ4n) is 3.59. The number of likely N-dealkylation sites (tertiary alicyclic amines) is 1. The predicted octanol–water partition coefficient (Wildman–Crippen LogP) is -1.20. The molecule has 0 bridgehead atoms. The van der Waals surface area contributed by atoms with Gasteiger partial charge in [0, 0.05) is 26.6 Å². The quantitative estimate of drug-likeness (QED) is 0.622. The van der Waals surface area contributed by atoms with Gasteiger partial charge in [-0.05, 0) is 18.4 Å². The van der Waals surface area contributed by atoms with Gasteiger partial charge < -0.3 is 20.6 Å². The third kappa shape index (κ3) is 3.44. The van der Waals surface area contributed by atoms with E-state index >= 15 is 0 Å². The van der Waals surface area contributed by atoms with Gasteiger partial charge in [-0.3, -0.25) is 19.1 Å². The largest absolute Gasteiger partial charge is 0.384 e. The van der Waals surface area contributed by atoms with E-state index in [0.29, 0.717) is 18.7 Å². The van der Waals surface area contributed by atoms with Crippen LogP contribution in [0.5, 0.6) is 0 Å². The van der Waals surface area contributed by atoms with Crippen LogP contribution in [0.25, 0.3) is 0 Å². The maximum atomic E-state index is 12.5. The summed E-state index contributed by atoms with van der Waals surface area (Å²) in [5.41, 5.74) is 0.163. The highest BCUT2D eigenvalue weighted by Gasteiger charge is 2.45. The summed E-state index contributed by atoms with van der Waals surface area (Å²) in [6, 6.07) is 0. The number of nitrogens with zero attached hydrogens (tertiary/aromatic N) is 3. The first-order valence-corrected chi connectivity index (χ1v) is 8.75. The lowest BCUT2D eigenvalue weighted by atomic mass is 9.86. The summed E-state index contributed by atoms with van der Waals surface area (Å²) in [6.45, 7) is 4.40. The molecule has 0 radical (unpaired) electrons. The zero-order chi connectivity index (χ0) is 19.1. The minimum absolute atomic E-state index is 0.0364. The van der Waals surface area contributed by atoms with E-state index in [4.69, 9.17) is 0 Å². The minimum Gasteiger partial charge on any atom is -0.384 e. The molecular weight excluding hydrogens is 338 g/mol. The van der Waals surface area contributed by atoms with Crippen LogP contribution in [0.2, 0.25) is 0 Å². The number of amides is 3. The van der Waals surface area contributed by atoms with Crippen molar-refractivity contribution in [3.63, 3.8) is 0 Å². The van der Waals surface area contributed by atoms with Crippen molar-refractivity contribution in [3.05, 3.63) is 17.5 Å². The van der Waals surface area contributed by atoms with E-state index in [1.54, 1.807) is 18.1 Å². The number of carbonyl (C=O) groups excluding carboxylic acids is 3. The summed E-state index contributed by atoms with van der Waals surface area (Å²) in [7, 11) is 1.70. The monoisotopic (exact) mass is 363 g/mol.